The molecule has 0 bridgehead atoms. The van der Waals surface area contributed by atoms with Crippen LogP contribution in [0.1, 0.15) is 12.8 Å². The number of likely N-dealkylation sites (tertiary alicyclic amines) is 1. The minimum absolute atomic E-state index is 0.396. The lowest BCUT2D eigenvalue weighted by atomic mass is 10.1. The molecule has 3 nitrogen and oxygen atoms in total. The van der Waals surface area contributed by atoms with Crippen molar-refractivity contribution in [2.45, 2.75) is 18.2 Å². The van der Waals surface area contributed by atoms with Gasteiger partial charge in [-0.3, -0.25) is 0 Å². The third-order valence-electron chi connectivity index (χ3n) is 2.65. The summed E-state index contributed by atoms with van der Waals surface area (Å²) in [4.78, 5) is 6.64. The van der Waals surface area contributed by atoms with Crippen LogP contribution in [0.25, 0.3) is 0 Å². The molecule has 0 atom stereocenters. The van der Waals surface area contributed by atoms with Gasteiger partial charge in [-0.15, -0.1) is 22.9 Å². The van der Waals surface area contributed by atoms with E-state index in [2.05, 4.69) is 15.2 Å². The van der Waals surface area contributed by atoms with Crippen molar-refractivity contribution < 1.29 is 0 Å². The van der Waals surface area contributed by atoms with Crippen molar-refractivity contribution in [1.29, 1.82) is 0 Å². The largest absolute Gasteiger partial charge is 0.360 e. The summed E-state index contributed by atoms with van der Waals surface area (Å²) in [5.74, 6) is 0. The van der Waals surface area contributed by atoms with Gasteiger partial charge in [0.05, 0.1) is 0 Å². The summed E-state index contributed by atoms with van der Waals surface area (Å²) in [5.41, 5.74) is 0. The van der Waals surface area contributed by atoms with E-state index in [4.69, 9.17) is 11.6 Å². The van der Waals surface area contributed by atoms with Crippen LogP contribution >= 0.6 is 22.9 Å². The predicted octanol–water partition coefficient (Wildman–Crippen LogP) is 2.26. The van der Waals surface area contributed by atoms with Crippen molar-refractivity contribution in [2.24, 2.45) is 0 Å². The second-order valence-corrected chi connectivity index (χ2v) is 5.29. The van der Waals surface area contributed by atoms with Gasteiger partial charge in [-0.2, -0.15) is 0 Å². The number of piperidine rings is 1. The second-order valence-electron chi connectivity index (χ2n) is 3.78. The average molecular weight is 246 g/mol. The van der Waals surface area contributed by atoms with Crippen LogP contribution in [-0.2, 0) is 0 Å². The van der Waals surface area contributed by atoms with Crippen molar-refractivity contribution in [1.82, 2.24) is 9.88 Å². The van der Waals surface area contributed by atoms with E-state index in [0.29, 0.717) is 5.38 Å². The van der Waals surface area contributed by atoms with Crippen molar-refractivity contribution in [3.8, 4) is 0 Å². The maximum Gasteiger partial charge on any atom is 0.182 e. The highest BCUT2D eigenvalue weighted by atomic mass is 35.5. The molecule has 1 aliphatic rings. The number of rotatable bonds is 4. The number of nitrogens with one attached hydrogen (secondary N) is 1. The van der Waals surface area contributed by atoms with Gasteiger partial charge < -0.3 is 10.2 Å². The highest BCUT2D eigenvalue weighted by Crippen LogP contribution is 2.15. The molecule has 0 spiro atoms. The molecule has 15 heavy (non-hydrogen) atoms. The van der Waals surface area contributed by atoms with E-state index < -0.39 is 0 Å². The summed E-state index contributed by atoms with van der Waals surface area (Å²) < 4.78 is 0. The average Bonchev–Trinajstić information content (AvgIpc) is 2.74. The first kappa shape index (κ1) is 11.2. The van der Waals surface area contributed by atoms with E-state index in [1.165, 1.54) is 0 Å². The van der Waals surface area contributed by atoms with Gasteiger partial charge in [0.2, 0.25) is 0 Å². The fraction of sp³-hybridized carbons (Fsp3) is 0.700. The van der Waals surface area contributed by atoms with Gasteiger partial charge in [0.1, 0.15) is 0 Å². The lowest BCUT2D eigenvalue weighted by Crippen LogP contribution is -2.37. The Morgan fingerprint density at radius 2 is 2.33 bits per heavy atom. The molecular formula is C10H16ClN3S. The fourth-order valence-electron chi connectivity index (χ4n) is 1.76. The highest BCUT2D eigenvalue weighted by molar-refractivity contribution is 7.13. The molecule has 1 fully saturated rings. The number of thiazole rings is 1. The van der Waals surface area contributed by atoms with Gasteiger partial charge in [-0.25, -0.2) is 4.98 Å². The molecule has 5 heteroatoms. The van der Waals surface area contributed by atoms with E-state index >= 15 is 0 Å². The Morgan fingerprint density at radius 1 is 1.53 bits per heavy atom. The first-order valence-corrected chi connectivity index (χ1v) is 6.66. The predicted molar refractivity (Wildman–Crippen MR) is 65.9 cm³/mol. The Balaban J connectivity index is 1.62. The molecular weight excluding hydrogens is 230 g/mol. The van der Waals surface area contributed by atoms with E-state index in [1.54, 1.807) is 11.3 Å². The summed E-state index contributed by atoms with van der Waals surface area (Å²) in [6, 6.07) is 0. The summed E-state index contributed by atoms with van der Waals surface area (Å²) in [6.45, 7) is 4.32. The quantitative estimate of drug-likeness (QED) is 0.825. The maximum absolute atomic E-state index is 6.05. The number of halogens is 1. The Labute approximate surface area is 99.5 Å². The fourth-order valence-corrected chi connectivity index (χ4v) is 2.51. The van der Waals surface area contributed by atoms with Crippen LogP contribution in [-0.4, -0.2) is 41.4 Å². The van der Waals surface area contributed by atoms with E-state index in [1.807, 2.05) is 11.6 Å². The molecule has 2 rings (SSSR count). The summed E-state index contributed by atoms with van der Waals surface area (Å²) in [7, 11) is 0. The SMILES string of the molecule is ClC1CCN(CCNc2nccs2)CC1. The first-order chi connectivity index (χ1) is 7.34. The van der Waals surface area contributed by atoms with Crippen LogP contribution in [0.15, 0.2) is 11.6 Å². The molecule has 1 aromatic rings. The third-order valence-corrected chi connectivity index (χ3v) is 3.82. The van der Waals surface area contributed by atoms with E-state index in [9.17, 15) is 0 Å². The summed E-state index contributed by atoms with van der Waals surface area (Å²) in [6.07, 6.45) is 4.07. The number of alkyl halides is 1. The zero-order valence-corrected chi connectivity index (χ0v) is 10.2. The minimum Gasteiger partial charge on any atom is -0.360 e. The number of nitrogens with zero attached hydrogens (tertiary/aromatic N) is 2. The normalized spacial score (nSPS) is 19.3. The lowest BCUT2D eigenvalue weighted by Gasteiger charge is -2.28. The molecule has 1 aromatic heterocycles. The number of anilines is 1. The maximum atomic E-state index is 6.05. The van der Waals surface area contributed by atoms with Gasteiger partial charge in [0, 0.05) is 30.0 Å². The van der Waals surface area contributed by atoms with Crippen molar-refractivity contribution in [2.75, 3.05) is 31.5 Å². The molecule has 0 saturated carbocycles. The molecule has 84 valence electrons. The van der Waals surface area contributed by atoms with Crippen molar-refractivity contribution in [3.05, 3.63) is 11.6 Å². The smallest absolute Gasteiger partial charge is 0.182 e. The Morgan fingerprint density at radius 3 is 3.00 bits per heavy atom. The zero-order valence-electron chi connectivity index (χ0n) is 8.66. The van der Waals surface area contributed by atoms with Gasteiger partial charge in [-0.1, -0.05) is 0 Å². The standard InChI is InChI=1S/C10H16ClN3S/c11-9-1-5-14(6-2-9)7-3-12-10-13-4-8-15-10/h4,8-9H,1-3,5-7H2,(H,12,13). The summed E-state index contributed by atoms with van der Waals surface area (Å²) in [5, 5.41) is 6.72. The number of hydrogen-bond donors (Lipinski definition) is 1. The van der Waals surface area contributed by atoms with Gasteiger partial charge >= 0.3 is 0 Å². The molecule has 2 heterocycles. The van der Waals surface area contributed by atoms with Crippen LogP contribution in [0.4, 0.5) is 5.13 Å². The van der Waals surface area contributed by atoms with E-state index in [0.717, 1.165) is 44.2 Å². The van der Waals surface area contributed by atoms with Gasteiger partial charge in [0.15, 0.2) is 5.13 Å². The van der Waals surface area contributed by atoms with Crippen LogP contribution in [0.2, 0.25) is 0 Å². The van der Waals surface area contributed by atoms with Crippen molar-refractivity contribution in [3.63, 3.8) is 0 Å². The lowest BCUT2D eigenvalue weighted by molar-refractivity contribution is 0.239. The van der Waals surface area contributed by atoms with Gasteiger partial charge in [-0.05, 0) is 25.9 Å². The van der Waals surface area contributed by atoms with Crippen LogP contribution in [0.3, 0.4) is 0 Å². The molecule has 0 radical (unpaired) electrons. The summed E-state index contributed by atoms with van der Waals surface area (Å²) >= 11 is 7.69. The molecule has 0 aliphatic carbocycles. The molecule has 1 saturated heterocycles. The Hall–Kier alpha value is -0.320. The number of hydrogen-bond acceptors (Lipinski definition) is 4. The zero-order chi connectivity index (χ0) is 10.5. The Kier molecular flexibility index (Phi) is 4.23. The van der Waals surface area contributed by atoms with E-state index in [-0.39, 0.29) is 0 Å². The van der Waals surface area contributed by atoms with Crippen LogP contribution in [0, 0.1) is 0 Å². The van der Waals surface area contributed by atoms with Crippen LogP contribution < -0.4 is 5.32 Å². The molecule has 1 aliphatic heterocycles. The topological polar surface area (TPSA) is 28.2 Å². The Bertz CT molecular complexity index is 270. The van der Waals surface area contributed by atoms with Gasteiger partial charge in [0.25, 0.3) is 0 Å². The molecule has 0 amide bonds. The monoisotopic (exact) mass is 245 g/mol. The minimum atomic E-state index is 0.396. The first-order valence-electron chi connectivity index (χ1n) is 5.34. The highest BCUT2D eigenvalue weighted by Gasteiger charge is 2.16. The third kappa shape index (κ3) is 3.63. The molecule has 1 N–H and O–H groups in total. The second kappa shape index (κ2) is 5.68. The molecule has 0 aromatic carbocycles. The van der Waals surface area contributed by atoms with Crippen molar-refractivity contribution >= 4 is 28.1 Å². The van der Waals surface area contributed by atoms with Crippen LogP contribution in [0.5, 0.6) is 0 Å². The number of aromatic nitrogens is 1. The molecule has 0 unspecified atom stereocenters.